The Morgan fingerprint density at radius 3 is 2.24 bits per heavy atom. The number of benzene rings is 1. The summed E-state index contributed by atoms with van der Waals surface area (Å²) in [5, 5.41) is 2.50. The molecule has 0 radical (unpaired) electrons. The van der Waals surface area contributed by atoms with Crippen LogP contribution in [-0.4, -0.2) is 44.9 Å². The molecule has 0 saturated carbocycles. The summed E-state index contributed by atoms with van der Waals surface area (Å²) in [5.74, 6) is -0.277. The molecule has 0 spiro atoms. The van der Waals surface area contributed by atoms with Crippen LogP contribution in [-0.2, 0) is 24.0 Å². The number of ether oxygens (including phenoxy) is 1. The van der Waals surface area contributed by atoms with Crippen molar-refractivity contribution in [2.75, 3.05) is 12.4 Å². The molecule has 0 saturated heterocycles. The first-order valence-electron chi connectivity index (χ1n) is 7.25. The molecule has 1 aromatic carbocycles. The molecule has 2 aromatic rings. The van der Waals surface area contributed by atoms with Gasteiger partial charge in [0.15, 0.2) is 0 Å². The number of sulfonamides is 1. The van der Waals surface area contributed by atoms with Crippen LogP contribution in [0.2, 0.25) is 5.02 Å². The Balaban J connectivity index is 0.000000749. The molecule has 0 aliphatic heterocycles. The third-order valence-corrected chi connectivity index (χ3v) is 4.24. The fourth-order valence-electron chi connectivity index (χ4n) is 1.73. The third kappa shape index (κ3) is 11.0. The van der Waals surface area contributed by atoms with Gasteiger partial charge >= 0.3 is 20.3 Å². The van der Waals surface area contributed by atoms with Gasteiger partial charge in [0.25, 0.3) is 0 Å². The first kappa shape index (κ1) is 25.1. The number of hydrogen-bond donors (Lipinski definition) is 2. The minimum absolute atomic E-state index is 0.00303. The number of urea groups is 1. The van der Waals surface area contributed by atoms with Gasteiger partial charge in [-0.15, -0.1) is 0 Å². The second kappa shape index (κ2) is 10.7. The largest absolute Gasteiger partial charge is 0.467 e. The van der Waals surface area contributed by atoms with E-state index in [2.05, 4.69) is 41.6 Å². The first-order valence-corrected chi connectivity index (χ1v) is 12.4. The van der Waals surface area contributed by atoms with Crippen molar-refractivity contribution < 1.29 is 26.4 Å². The summed E-state index contributed by atoms with van der Waals surface area (Å²) in [6, 6.07) is 5.43. The fourth-order valence-corrected chi connectivity index (χ4v) is 3.08. The number of nitrogens with zero attached hydrogens (tertiary/aromatic N) is 3. The second-order valence-electron chi connectivity index (χ2n) is 4.98. The smallest absolute Gasteiger partial charge is 0.335 e. The molecule has 2 N–H and O–H groups in total. The van der Waals surface area contributed by atoms with Gasteiger partial charge in [-0.1, -0.05) is 29.8 Å². The first-order chi connectivity index (χ1) is 13.3. The number of aromatic nitrogens is 3. The van der Waals surface area contributed by atoms with E-state index in [1.807, 2.05) is 4.72 Å². The standard InChI is InChI=1S/C13H14ClN5O4S.Cl2O2S/c1-8-15-11(18-13(16-8)23-2)17-12(20)19-24(21,22)7-9-5-3-4-6-10(9)14;1-5(2,3)4/h3-6H,7H2,1-2H3,(H2,15,16,17,18,19,20);. The van der Waals surface area contributed by atoms with Gasteiger partial charge in [0, 0.05) is 26.4 Å². The maximum absolute atomic E-state index is 12.0. The minimum atomic E-state index is -3.95. The van der Waals surface area contributed by atoms with E-state index in [4.69, 9.17) is 24.8 Å². The Hall–Kier alpha value is -1.93. The highest BCUT2D eigenvalue weighted by atomic mass is 36.0. The van der Waals surface area contributed by atoms with Crippen LogP contribution in [0.5, 0.6) is 6.01 Å². The number of nitrogens with one attached hydrogen (secondary N) is 2. The van der Waals surface area contributed by atoms with Gasteiger partial charge in [-0.25, -0.2) is 17.9 Å². The zero-order chi connectivity index (χ0) is 22.2. The van der Waals surface area contributed by atoms with Crippen molar-refractivity contribution in [3.8, 4) is 6.01 Å². The Morgan fingerprint density at radius 1 is 1.10 bits per heavy atom. The highest BCUT2D eigenvalue weighted by Gasteiger charge is 2.18. The lowest BCUT2D eigenvalue weighted by atomic mass is 10.2. The molecule has 160 valence electrons. The van der Waals surface area contributed by atoms with Crippen molar-refractivity contribution in [2.24, 2.45) is 0 Å². The average molecular weight is 507 g/mol. The molecule has 1 aromatic heterocycles. The maximum Gasteiger partial charge on any atom is 0.335 e. The van der Waals surface area contributed by atoms with Crippen LogP contribution in [0.3, 0.4) is 0 Å². The van der Waals surface area contributed by atoms with E-state index >= 15 is 0 Å². The van der Waals surface area contributed by atoms with Gasteiger partial charge < -0.3 is 4.74 Å². The molecule has 0 fully saturated rings. The number of methoxy groups -OCH3 is 1. The molecule has 2 rings (SSSR count). The van der Waals surface area contributed by atoms with Crippen molar-refractivity contribution in [1.29, 1.82) is 0 Å². The van der Waals surface area contributed by atoms with Crippen LogP contribution < -0.4 is 14.8 Å². The molecule has 0 aliphatic rings. The number of hydrogen-bond acceptors (Lipinski definition) is 9. The quantitative estimate of drug-likeness (QED) is 0.580. The lowest BCUT2D eigenvalue weighted by Crippen LogP contribution is -2.35. The Labute approximate surface area is 180 Å². The van der Waals surface area contributed by atoms with Gasteiger partial charge in [-0.3, -0.25) is 5.32 Å². The monoisotopic (exact) mass is 505 g/mol. The topological polar surface area (TPSA) is 157 Å². The number of carbonyl (C=O) groups is 1. The molecular formula is C13H14Cl3N5O6S2. The highest BCUT2D eigenvalue weighted by molar-refractivity contribution is 8.31. The van der Waals surface area contributed by atoms with Crippen LogP contribution >= 0.6 is 33.0 Å². The van der Waals surface area contributed by atoms with Crippen molar-refractivity contribution in [2.45, 2.75) is 12.7 Å². The zero-order valence-corrected chi connectivity index (χ0v) is 18.7. The number of halogens is 3. The number of anilines is 1. The highest BCUT2D eigenvalue weighted by Crippen LogP contribution is 2.17. The Kier molecular flexibility index (Phi) is 9.29. The van der Waals surface area contributed by atoms with Gasteiger partial charge in [0.05, 0.1) is 12.9 Å². The predicted octanol–water partition coefficient (Wildman–Crippen LogP) is 2.20. The van der Waals surface area contributed by atoms with Crippen molar-refractivity contribution in [1.82, 2.24) is 19.7 Å². The molecule has 0 bridgehead atoms. The molecule has 0 atom stereocenters. The third-order valence-electron chi connectivity index (χ3n) is 2.69. The summed E-state index contributed by atoms with van der Waals surface area (Å²) >= 11 is 5.91. The van der Waals surface area contributed by atoms with Gasteiger partial charge in [-0.05, 0) is 18.6 Å². The van der Waals surface area contributed by atoms with Gasteiger partial charge in [0.1, 0.15) is 5.82 Å². The van der Waals surface area contributed by atoms with E-state index in [1.54, 1.807) is 31.2 Å². The van der Waals surface area contributed by atoms with Crippen LogP contribution in [0, 0.1) is 6.92 Å². The van der Waals surface area contributed by atoms with Crippen LogP contribution in [0.15, 0.2) is 24.3 Å². The maximum atomic E-state index is 12.0. The summed E-state index contributed by atoms with van der Waals surface area (Å²) < 4.78 is 49.1. The predicted molar refractivity (Wildman–Crippen MR) is 108 cm³/mol. The van der Waals surface area contributed by atoms with Crippen molar-refractivity contribution >= 4 is 63.2 Å². The number of aryl methyl sites for hydroxylation is 1. The normalized spacial score (nSPS) is 11.1. The minimum Gasteiger partial charge on any atom is -0.467 e. The Bertz CT molecular complexity index is 1070. The number of carbonyl (C=O) groups excluding carboxylic acids is 1. The lowest BCUT2D eigenvalue weighted by Gasteiger charge is -2.09. The van der Waals surface area contributed by atoms with Crippen molar-refractivity contribution in [3.05, 3.63) is 40.7 Å². The molecule has 1 heterocycles. The summed E-state index contributed by atoms with van der Waals surface area (Å²) in [7, 11) is 2.22. The van der Waals surface area contributed by atoms with Crippen LogP contribution in [0.4, 0.5) is 10.7 Å². The van der Waals surface area contributed by atoms with E-state index in [-0.39, 0.29) is 12.0 Å². The molecule has 29 heavy (non-hydrogen) atoms. The van der Waals surface area contributed by atoms with E-state index in [0.717, 1.165) is 0 Å². The summed E-state index contributed by atoms with van der Waals surface area (Å²) in [5.41, 5.74) is 0.372. The molecular weight excluding hydrogens is 493 g/mol. The lowest BCUT2D eigenvalue weighted by molar-refractivity contribution is 0.256. The summed E-state index contributed by atoms with van der Waals surface area (Å²) in [6.45, 7) is 1.57. The number of rotatable bonds is 5. The average Bonchev–Trinajstić information content (AvgIpc) is 2.54. The zero-order valence-electron chi connectivity index (χ0n) is 14.8. The summed E-state index contributed by atoms with van der Waals surface area (Å²) in [6.07, 6.45) is 0. The molecule has 0 aliphatic carbocycles. The molecule has 16 heteroatoms. The van der Waals surface area contributed by atoms with Gasteiger partial charge in [0.2, 0.25) is 16.0 Å². The van der Waals surface area contributed by atoms with Crippen molar-refractivity contribution in [3.63, 3.8) is 0 Å². The SMILES string of the molecule is COc1nc(C)nc(NC(=O)NS(=O)(=O)Cc2ccccc2Cl)n1.O=S(=O)(Cl)Cl. The van der Waals surface area contributed by atoms with Crippen LogP contribution in [0.1, 0.15) is 11.4 Å². The Morgan fingerprint density at radius 2 is 1.69 bits per heavy atom. The fraction of sp³-hybridized carbons (Fsp3) is 0.231. The second-order valence-corrected chi connectivity index (χ2v) is 10.8. The molecule has 11 nitrogen and oxygen atoms in total. The summed E-state index contributed by atoms with van der Waals surface area (Å²) in [4.78, 5) is 23.3. The van der Waals surface area contributed by atoms with E-state index in [9.17, 15) is 13.2 Å². The van der Waals surface area contributed by atoms with E-state index in [0.29, 0.717) is 16.4 Å². The number of amides is 2. The van der Waals surface area contributed by atoms with E-state index in [1.165, 1.54) is 7.11 Å². The molecule has 0 unspecified atom stereocenters. The van der Waals surface area contributed by atoms with Gasteiger partial charge in [-0.2, -0.15) is 23.4 Å². The molecule has 2 amide bonds. The van der Waals surface area contributed by atoms with E-state index < -0.39 is 30.1 Å². The van der Waals surface area contributed by atoms with Crippen LogP contribution in [0.25, 0.3) is 0 Å².